The molecule has 1 N–H and O–H groups in total. The van der Waals surface area contributed by atoms with Crippen LogP contribution in [0.5, 0.6) is 0 Å². The maximum atomic E-state index is 9.93. The Bertz CT molecular complexity index is 930. The number of aliphatic imine (C=N–C) groups is 1. The third-order valence-electron chi connectivity index (χ3n) is 6.54. The Kier molecular flexibility index (Phi) is 6.87. The van der Waals surface area contributed by atoms with Gasteiger partial charge in [0.15, 0.2) is 0 Å². The molecule has 0 aromatic carbocycles. The minimum atomic E-state index is -0.313. The van der Waals surface area contributed by atoms with Crippen LogP contribution in [0.4, 0.5) is 5.82 Å². The van der Waals surface area contributed by atoms with Gasteiger partial charge in [-0.1, -0.05) is 13.0 Å². The first-order chi connectivity index (χ1) is 14.8. The van der Waals surface area contributed by atoms with Crippen molar-refractivity contribution in [3.8, 4) is 0 Å². The molecule has 0 saturated carbocycles. The van der Waals surface area contributed by atoms with Gasteiger partial charge in [-0.2, -0.15) is 4.98 Å². The molecular formula is C23H31BrClN5O. The first-order valence-electron chi connectivity index (χ1n) is 11.2. The van der Waals surface area contributed by atoms with Gasteiger partial charge in [0.2, 0.25) is 5.28 Å². The van der Waals surface area contributed by atoms with E-state index in [9.17, 15) is 5.11 Å². The Hall–Kier alpha value is -1.28. The van der Waals surface area contributed by atoms with E-state index in [-0.39, 0.29) is 17.4 Å². The summed E-state index contributed by atoms with van der Waals surface area (Å²) in [5.74, 6) is 0.893. The molecule has 0 spiro atoms. The average molecular weight is 509 g/mol. The van der Waals surface area contributed by atoms with Gasteiger partial charge in [-0.15, -0.1) is 0 Å². The van der Waals surface area contributed by atoms with Crippen molar-refractivity contribution < 1.29 is 5.11 Å². The van der Waals surface area contributed by atoms with Gasteiger partial charge < -0.3 is 10.0 Å². The van der Waals surface area contributed by atoms with Crippen LogP contribution < -0.4 is 4.90 Å². The van der Waals surface area contributed by atoms with E-state index < -0.39 is 0 Å². The molecule has 2 bridgehead atoms. The summed E-state index contributed by atoms with van der Waals surface area (Å²) in [7, 11) is 0. The molecule has 3 heterocycles. The topological polar surface area (TPSA) is 64.9 Å². The maximum absolute atomic E-state index is 9.93. The fourth-order valence-corrected chi connectivity index (χ4v) is 5.66. The predicted octanol–water partition coefficient (Wildman–Crippen LogP) is 4.56. The molecule has 1 aliphatic carbocycles. The lowest BCUT2D eigenvalue weighted by molar-refractivity contribution is 0.0853. The SMILES string of the molecule is C/C=C1\C(=NC(C)CC)C(Br)=Cc2nc(Cl)nc(N3CC4CCC(C3)N4CC(C)O)c21. The number of halogens is 2. The maximum Gasteiger partial charge on any atom is 0.224 e. The summed E-state index contributed by atoms with van der Waals surface area (Å²) in [5, 5.41) is 10.2. The van der Waals surface area contributed by atoms with E-state index in [2.05, 4.69) is 50.6 Å². The molecule has 0 radical (unpaired) electrons. The predicted molar refractivity (Wildman–Crippen MR) is 132 cm³/mol. The van der Waals surface area contributed by atoms with E-state index in [1.807, 2.05) is 19.9 Å². The first kappa shape index (κ1) is 22.9. The highest BCUT2D eigenvalue weighted by atomic mass is 79.9. The number of anilines is 1. The van der Waals surface area contributed by atoms with Crippen molar-refractivity contribution in [2.75, 3.05) is 24.5 Å². The second-order valence-corrected chi connectivity index (χ2v) is 10.0. The summed E-state index contributed by atoms with van der Waals surface area (Å²) in [6, 6.07) is 1.07. The summed E-state index contributed by atoms with van der Waals surface area (Å²) in [6.45, 7) is 10.7. The Morgan fingerprint density at radius 2 is 1.97 bits per heavy atom. The fraction of sp³-hybridized carbons (Fsp3) is 0.609. The quantitative estimate of drug-likeness (QED) is 0.591. The van der Waals surface area contributed by atoms with Gasteiger partial charge in [-0.05, 0) is 73.6 Å². The number of fused-ring (bicyclic) bond motifs is 3. The molecule has 3 aliphatic rings. The smallest absolute Gasteiger partial charge is 0.224 e. The first-order valence-corrected chi connectivity index (χ1v) is 12.4. The van der Waals surface area contributed by atoms with Crippen molar-refractivity contribution in [3.05, 3.63) is 27.1 Å². The summed E-state index contributed by atoms with van der Waals surface area (Å²) in [5.41, 5.74) is 3.85. The Balaban J connectivity index is 1.75. The van der Waals surface area contributed by atoms with E-state index in [4.69, 9.17) is 21.6 Å². The number of aliphatic hydroxyl groups is 1. The van der Waals surface area contributed by atoms with Crippen molar-refractivity contribution in [2.45, 2.75) is 71.2 Å². The van der Waals surface area contributed by atoms with Crippen molar-refractivity contribution in [3.63, 3.8) is 0 Å². The van der Waals surface area contributed by atoms with Crippen LogP contribution in [-0.2, 0) is 0 Å². The molecule has 4 rings (SSSR count). The molecule has 4 atom stereocenters. The highest BCUT2D eigenvalue weighted by molar-refractivity contribution is 9.12. The van der Waals surface area contributed by atoms with E-state index >= 15 is 0 Å². The zero-order valence-electron chi connectivity index (χ0n) is 18.6. The van der Waals surface area contributed by atoms with Crippen LogP contribution >= 0.6 is 27.5 Å². The lowest BCUT2D eigenvalue weighted by Crippen LogP contribution is -2.55. The summed E-state index contributed by atoms with van der Waals surface area (Å²) >= 11 is 10.1. The molecule has 0 amide bonds. The van der Waals surface area contributed by atoms with E-state index in [0.717, 1.165) is 71.7 Å². The number of aliphatic hydroxyl groups excluding tert-OH is 1. The molecule has 4 unspecified atom stereocenters. The Morgan fingerprint density at radius 3 is 2.55 bits per heavy atom. The van der Waals surface area contributed by atoms with Gasteiger partial charge in [-0.25, -0.2) is 4.98 Å². The molecular weight excluding hydrogens is 478 g/mol. The zero-order valence-corrected chi connectivity index (χ0v) is 21.0. The van der Waals surface area contributed by atoms with E-state index in [1.54, 1.807) is 0 Å². The largest absolute Gasteiger partial charge is 0.392 e. The van der Waals surface area contributed by atoms with Gasteiger partial charge in [-0.3, -0.25) is 9.89 Å². The van der Waals surface area contributed by atoms with Crippen molar-refractivity contribution in [1.29, 1.82) is 0 Å². The normalized spacial score (nSPS) is 28.1. The van der Waals surface area contributed by atoms with Crippen LogP contribution in [0.15, 0.2) is 15.6 Å². The number of allylic oxidation sites excluding steroid dienone is 3. The summed E-state index contributed by atoms with van der Waals surface area (Å²) in [6.07, 6.45) is 7.08. The number of aromatic nitrogens is 2. The molecule has 168 valence electrons. The number of piperazine rings is 1. The van der Waals surface area contributed by atoms with Gasteiger partial charge in [0.1, 0.15) is 5.82 Å². The number of nitrogens with zero attached hydrogens (tertiary/aromatic N) is 5. The highest BCUT2D eigenvalue weighted by Gasteiger charge is 2.42. The average Bonchev–Trinajstić information content (AvgIpc) is 2.94. The Labute approximate surface area is 198 Å². The highest BCUT2D eigenvalue weighted by Crippen LogP contribution is 2.41. The van der Waals surface area contributed by atoms with Crippen molar-refractivity contribution in [1.82, 2.24) is 14.9 Å². The van der Waals surface area contributed by atoms with Crippen LogP contribution in [0.1, 0.15) is 58.2 Å². The third kappa shape index (κ3) is 4.47. The van der Waals surface area contributed by atoms with Gasteiger partial charge in [0.25, 0.3) is 0 Å². The Morgan fingerprint density at radius 1 is 1.29 bits per heavy atom. The summed E-state index contributed by atoms with van der Waals surface area (Å²) in [4.78, 5) is 19.1. The number of rotatable bonds is 5. The third-order valence-corrected chi connectivity index (χ3v) is 7.32. The molecule has 6 nitrogen and oxygen atoms in total. The molecule has 2 aliphatic heterocycles. The molecule has 2 saturated heterocycles. The minimum Gasteiger partial charge on any atom is -0.392 e. The monoisotopic (exact) mass is 507 g/mol. The fourth-order valence-electron chi connectivity index (χ4n) is 4.96. The molecule has 8 heteroatoms. The number of hydrogen-bond acceptors (Lipinski definition) is 6. The molecule has 31 heavy (non-hydrogen) atoms. The van der Waals surface area contributed by atoms with Crippen LogP contribution in [-0.4, -0.2) is 69.5 Å². The standard InChI is InChI=1S/C23H31BrClN5O/c1-5-13(3)26-21-17(6-2)20-19(9-18(21)24)27-23(25)28-22(20)29-11-15-7-8-16(12-29)30(15)10-14(4)31/h6,9,13-16,31H,5,7-8,10-12H2,1-4H3/b17-6-,26-21?. The van der Waals surface area contributed by atoms with Crippen LogP contribution in [0.2, 0.25) is 5.28 Å². The van der Waals surface area contributed by atoms with E-state index in [0.29, 0.717) is 12.1 Å². The van der Waals surface area contributed by atoms with Crippen molar-refractivity contribution >= 4 is 50.7 Å². The van der Waals surface area contributed by atoms with Gasteiger partial charge in [0, 0.05) is 47.8 Å². The lowest BCUT2D eigenvalue weighted by Gasteiger charge is -2.43. The second kappa shape index (κ2) is 9.30. The molecule has 1 aromatic heterocycles. The van der Waals surface area contributed by atoms with Crippen molar-refractivity contribution in [2.24, 2.45) is 4.99 Å². The van der Waals surface area contributed by atoms with E-state index in [1.165, 1.54) is 0 Å². The molecule has 1 aromatic rings. The lowest BCUT2D eigenvalue weighted by atomic mass is 9.93. The molecule has 2 fully saturated rings. The van der Waals surface area contributed by atoms with Crippen LogP contribution in [0.25, 0.3) is 11.6 Å². The minimum absolute atomic E-state index is 0.226. The van der Waals surface area contributed by atoms with Gasteiger partial charge >= 0.3 is 0 Å². The zero-order chi connectivity index (χ0) is 22.3. The van der Waals surface area contributed by atoms with Crippen LogP contribution in [0.3, 0.4) is 0 Å². The summed E-state index contributed by atoms with van der Waals surface area (Å²) < 4.78 is 0.927. The van der Waals surface area contributed by atoms with Crippen LogP contribution in [0, 0.1) is 0 Å². The number of hydrogen-bond donors (Lipinski definition) is 1. The second-order valence-electron chi connectivity index (χ2n) is 8.84. The van der Waals surface area contributed by atoms with Gasteiger partial charge in [0.05, 0.1) is 23.1 Å².